The first kappa shape index (κ1) is 28.6. The molecule has 9 aromatic rings. The third kappa shape index (κ3) is 5.45. The van der Waals surface area contributed by atoms with Crippen LogP contribution in [0, 0.1) is 0 Å². The Hall–Kier alpha value is -6.65. The van der Waals surface area contributed by atoms with Crippen molar-refractivity contribution in [2.24, 2.45) is 0 Å². The second-order valence-electron chi connectivity index (χ2n) is 12.2. The molecular weight excluding hydrogens is 597 g/mol. The maximum Gasteiger partial charge on any atom is 0.164 e. The largest absolute Gasteiger partial charge is 0.317 e. The molecule has 0 saturated heterocycles. The number of hydrogen-bond donors (Lipinski definition) is 0. The van der Waals surface area contributed by atoms with Gasteiger partial charge < -0.3 is 4.57 Å². The summed E-state index contributed by atoms with van der Waals surface area (Å²) in [5.41, 5.74) is 9.73. The fraction of sp³-hybridized carbons (Fsp3) is 0. The second kappa shape index (κ2) is 12.2. The van der Waals surface area contributed by atoms with Gasteiger partial charge in [0, 0.05) is 34.0 Å². The molecule has 230 valence electrons. The molecule has 0 N–H and O–H groups in total. The van der Waals surface area contributed by atoms with Crippen molar-refractivity contribution >= 4 is 21.7 Å². The molecule has 0 radical (unpaired) electrons. The highest BCUT2D eigenvalue weighted by Gasteiger charge is 2.14. The fourth-order valence-corrected chi connectivity index (χ4v) is 6.61. The number of fused-ring (bicyclic) bond motifs is 3. The maximum atomic E-state index is 4.95. The summed E-state index contributed by atoms with van der Waals surface area (Å²) >= 11 is 0. The Labute approximate surface area is 284 Å². The first-order valence-electron chi connectivity index (χ1n) is 16.4. The van der Waals surface area contributed by atoms with E-state index in [1.165, 1.54) is 21.7 Å². The molecule has 0 bridgehead atoms. The van der Waals surface area contributed by atoms with Crippen LogP contribution in [0.2, 0.25) is 0 Å². The molecule has 0 aliphatic rings. The quantitative estimate of drug-likeness (QED) is 0.184. The van der Waals surface area contributed by atoms with Gasteiger partial charge in [-0.25, -0.2) is 15.0 Å². The average Bonchev–Trinajstić information content (AvgIpc) is 3.64. The molecule has 49 heavy (non-hydrogen) atoms. The SMILES string of the molecule is c1ccc(-c2nc(-c3ccccc3)nc(-c3cccc(-c4cccc(-c5cccc(-n6ccc7c8ccccc8ccc76)c5)c4)c3)n2)cc1. The molecule has 9 rings (SSSR count). The number of nitrogens with zero attached hydrogens (tertiary/aromatic N) is 4. The van der Waals surface area contributed by atoms with Crippen molar-refractivity contribution in [3.05, 3.63) is 182 Å². The molecule has 0 aliphatic heterocycles. The first-order valence-corrected chi connectivity index (χ1v) is 16.4. The van der Waals surface area contributed by atoms with Gasteiger partial charge in [0.25, 0.3) is 0 Å². The number of hydrogen-bond acceptors (Lipinski definition) is 3. The van der Waals surface area contributed by atoms with Crippen molar-refractivity contribution in [3.63, 3.8) is 0 Å². The van der Waals surface area contributed by atoms with Crippen LogP contribution >= 0.6 is 0 Å². The second-order valence-corrected chi connectivity index (χ2v) is 12.2. The highest BCUT2D eigenvalue weighted by molar-refractivity contribution is 6.07. The highest BCUT2D eigenvalue weighted by Crippen LogP contribution is 2.33. The molecule has 4 heteroatoms. The summed E-state index contributed by atoms with van der Waals surface area (Å²) in [7, 11) is 0. The van der Waals surface area contributed by atoms with Crippen LogP contribution in [0.4, 0.5) is 0 Å². The Morgan fingerprint density at radius 2 is 0.816 bits per heavy atom. The molecule has 0 aliphatic carbocycles. The molecule has 7 aromatic carbocycles. The third-order valence-corrected chi connectivity index (χ3v) is 9.07. The summed E-state index contributed by atoms with van der Waals surface area (Å²) in [6, 6.07) is 61.3. The van der Waals surface area contributed by atoms with E-state index in [1.54, 1.807) is 0 Å². The summed E-state index contributed by atoms with van der Waals surface area (Å²) in [5, 5.41) is 3.79. The minimum atomic E-state index is 0.644. The highest BCUT2D eigenvalue weighted by atomic mass is 15.0. The molecule has 0 saturated carbocycles. The van der Waals surface area contributed by atoms with Gasteiger partial charge in [0.05, 0.1) is 5.52 Å². The van der Waals surface area contributed by atoms with Crippen LogP contribution in [0.3, 0.4) is 0 Å². The number of aromatic nitrogens is 4. The van der Waals surface area contributed by atoms with Gasteiger partial charge in [-0.05, 0) is 69.4 Å². The van der Waals surface area contributed by atoms with Gasteiger partial charge in [0.15, 0.2) is 17.5 Å². The van der Waals surface area contributed by atoms with Crippen LogP contribution in [0.1, 0.15) is 0 Å². The predicted molar refractivity (Wildman–Crippen MR) is 201 cm³/mol. The van der Waals surface area contributed by atoms with E-state index in [9.17, 15) is 0 Å². The van der Waals surface area contributed by atoms with Crippen LogP contribution in [0.25, 0.3) is 83.8 Å². The van der Waals surface area contributed by atoms with Crippen LogP contribution in [-0.4, -0.2) is 19.5 Å². The standard InChI is InChI=1S/C45H30N4/c1-3-13-32(14-4-1)43-46-44(33-15-5-2-6-16-33)48-45(47-43)38-21-10-19-36(29-38)34-17-9-18-35(28-34)37-20-11-22-39(30-37)49-27-26-41-40-23-8-7-12-31(40)24-25-42(41)49/h1-30H. The Morgan fingerprint density at radius 3 is 1.47 bits per heavy atom. The van der Waals surface area contributed by atoms with E-state index in [0.29, 0.717) is 17.5 Å². The minimum Gasteiger partial charge on any atom is -0.317 e. The van der Waals surface area contributed by atoms with Crippen LogP contribution in [0.5, 0.6) is 0 Å². The first-order chi connectivity index (χ1) is 24.3. The third-order valence-electron chi connectivity index (χ3n) is 9.07. The summed E-state index contributed by atoms with van der Waals surface area (Å²) in [6.07, 6.45) is 2.17. The zero-order valence-electron chi connectivity index (χ0n) is 26.6. The summed E-state index contributed by atoms with van der Waals surface area (Å²) in [4.78, 5) is 14.8. The zero-order chi connectivity index (χ0) is 32.6. The molecule has 0 atom stereocenters. The van der Waals surface area contributed by atoms with Gasteiger partial charge in [-0.3, -0.25) is 0 Å². The summed E-state index contributed by atoms with van der Waals surface area (Å²) < 4.78 is 2.28. The Balaban J connectivity index is 1.08. The van der Waals surface area contributed by atoms with Crippen molar-refractivity contribution in [1.29, 1.82) is 0 Å². The van der Waals surface area contributed by atoms with Gasteiger partial charge in [0.1, 0.15) is 0 Å². The van der Waals surface area contributed by atoms with Crippen molar-refractivity contribution in [3.8, 4) is 62.1 Å². The maximum absolute atomic E-state index is 4.95. The minimum absolute atomic E-state index is 0.644. The van der Waals surface area contributed by atoms with Crippen molar-refractivity contribution in [2.45, 2.75) is 0 Å². The van der Waals surface area contributed by atoms with E-state index >= 15 is 0 Å². The lowest BCUT2D eigenvalue weighted by Crippen LogP contribution is -2.00. The van der Waals surface area contributed by atoms with Gasteiger partial charge in [-0.2, -0.15) is 0 Å². The Morgan fingerprint density at radius 1 is 0.327 bits per heavy atom. The molecular formula is C45H30N4. The average molecular weight is 627 g/mol. The predicted octanol–water partition coefficient (Wildman–Crippen LogP) is 11.3. The number of rotatable bonds is 6. The molecule has 0 fully saturated rings. The van der Waals surface area contributed by atoms with Gasteiger partial charge in [-0.15, -0.1) is 0 Å². The summed E-state index contributed by atoms with van der Waals surface area (Å²) in [6.45, 7) is 0. The zero-order valence-corrected chi connectivity index (χ0v) is 26.6. The number of benzene rings is 7. The molecule has 4 nitrogen and oxygen atoms in total. The van der Waals surface area contributed by atoms with Gasteiger partial charge >= 0.3 is 0 Å². The fourth-order valence-electron chi connectivity index (χ4n) is 6.61. The smallest absolute Gasteiger partial charge is 0.164 e. The van der Waals surface area contributed by atoms with Crippen LogP contribution < -0.4 is 0 Å². The van der Waals surface area contributed by atoms with Crippen molar-refractivity contribution < 1.29 is 0 Å². The van der Waals surface area contributed by atoms with Crippen LogP contribution in [-0.2, 0) is 0 Å². The summed E-state index contributed by atoms with van der Waals surface area (Å²) in [5.74, 6) is 1.95. The van der Waals surface area contributed by atoms with E-state index in [-0.39, 0.29) is 0 Å². The lowest BCUT2D eigenvalue weighted by atomic mass is 9.97. The molecule has 0 unspecified atom stereocenters. The molecule has 0 amide bonds. The van der Waals surface area contributed by atoms with Gasteiger partial charge in [0.2, 0.25) is 0 Å². The molecule has 2 heterocycles. The van der Waals surface area contributed by atoms with E-state index in [2.05, 4.69) is 126 Å². The van der Waals surface area contributed by atoms with Crippen molar-refractivity contribution in [2.75, 3.05) is 0 Å². The molecule has 2 aromatic heterocycles. The van der Waals surface area contributed by atoms with Gasteiger partial charge in [-0.1, -0.05) is 140 Å². The van der Waals surface area contributed by atoms with E-state index in [1.807, 2.05) is 60.7 Å². The lowest BCUT2D eigenvalue weighted by Gasteiger charge is -2.11. The van der Waals surface area contributed by atoms with E-state index < -0.39 is 0 Å². The topological polar surface area (TPSA) is 43.6 Å². The normalized spacial score (nSPS) is 11.3. The Bertz CT molecular complexity index is 2550. The van der Waals surface area contributed by atoms with E-state index in [0.717, 1.165) is 44.6 Å². The van der Waals surface area contributed by atoms with Crippen LogP contribution in [0.15, 0.2) is 182 Å². The van der Waals surface area contributed by atoms with E-state index in [4.69, 9.17) is 15.0 Å². The lowest BCUT2D eigenvalue weighted by molar-refractivity contribution is 1.07. The molecule has 0 spiro atoms. The Kier molecular flexibility index (Phi) is 7.10. The monoisotopic (exact) mass is 626 g/mol. The van der Waals surface area contributed by atoms with Crippen molar-refractivity contribution in [1.82, 2.24) is 19.5 Å².